The highest BCUT2D eigenvalue weighted by Crippen LogP contribution is 2.27. The number of nitrogens with zero attached hydrogens (tertiary/aromatic N) is 4. The number of piperidine rings is 3. The molecule has 4 saturated heterocycles. The van der Waals surface area contributed by atoms with Gasteiger partial charge in [0.15, 0.2) is 0 Å². The lowest BCUT2D eigenvalue weighted by Crippen LogP contribution is -2.55. The average molecular weight is 421 g/mol. The lowest BCUT2D eigenvalue weighted by molar-refractivity contribution is -0.142. The second-order valence-corrected chi connectivity index (χ2v) is 9.44. The monoisotopic (exact) mass is 420 g/mol. The maximum atomic E-state index is 13.1. The number of likely N-dealkylation sites (tertiary alicyclic amines) is 3. The van der Waals surface area contributed by atoms with Gasteiger partial charge in [-0.2, -0.15) is 0 Å². The number of amides is 2. The molecule has 7 nitrogen and oxygen atoms in total. The molecule has 4 rings (SSSR count). The van der Waals surface area contributed by atoms with E-state index in [2.05, 4.69) is 21.6 Å². The molecule has 0 spiro atoms. The van der Waals surface area contributed by atoms with E-state index >= 15 is 0 Å². The van der Waals surface area contributed by atoms with E-state index in [9.17, 15) is 9.59 Å². The molecule has 0 aromatic carbocycles. The first-order chi connectivity index (χ1) is 14.7. The summed E-state index contributed by atoms with van der Waals surface area (Å²) in [4.78, 5) is 34.9. The van der Waals surface area contributed by atoms with Gasteiger partial charge in [-0.25, -0.2) is 0 Å². The third kappa shape index (κ3) is 5.00. The van der Waals surface area contributed by atoms with Crippen LogP contribution in [0, 0.1) is 5.92 Å². The van der Waals surface area contributed by atoms with Crippen molar-refractivity contribution in [3.63, 3.8) is 0 Å². The van der Waals surface area contributed by atoms with Crippen molar-refractivity contribution < 1.29 is 14.3 Å². The lowest BCUT2D eigenvalue weighted by atomic mass is 9.92. The largest absolute Gasteiger partial charge is 0.378 e. The number of hydrogen-bond acceptors (Lipinski definition) is 5. The van der Waals surface area contributed by atoms with E-state index in [1.165, 1.54) is 12.8 Å². The van der Waals surface area contributed by atoms with Gasteiger partial charge in [-0.1, -0.05) is 13.3 Å². The molecule has 4 aliphatic rings. The zero-order valence-corrected chi connectivity index (χ0v) is 18.8. The van der Waals surface area contributed by atoms with Crippen molar-refractivity contribution in [3.05, 3.63) is 0 Å². The van der Waals surface area contributed by atoms with Crippen molar-refractivity contribution >= 4 is 11.8 Å². The SMILES string of the molecule is CCN1CCCCC1C(=O)N1CCC(N2CCC(C(=O)N3CCOCC3)CC2)CC1. The Morgan fingerprint density at radius 1 is 0.767 bits per heavy atom. The van der Waals surface area contributed by atoms with Gasteiger partial charge < -0.3 is 19.4 Å². The predicted molar refractivity (Wildman–Crippen MR) is 116 cm³/mol. The van der Waals surface area contributed by atoms with Gasteiger partial charge in [0.05, 0.1) is 19.3 Å². The molecular formula is C23H40N4O3. The highest BCUT2D eigenvalue weighted by molar-refractivity contribution is 5.82. The molecular weight excluding hydrogens is 380 g/mol. The minimum absolute atomic E-state index is 0.113. The number of morpholine rings is 1. The maximum Gasteiger partial charge on any atom is 0.239 e. The molecule has 0 bridgehead atoms. The lowest BCUT2D eigenvalue weighted by Gasteiger charge is -2.44. The van der Waals surface area contributed by atoms with Crippen LogP contribution >= 0.6 is 0 Å². The Balaban J connectivity index is 1.21. The van der Waals surface area contributed by atoms with Crippen LogP contribution in [0.25, 0.3) is 0 Å². The van der Waals surface area contributed by atoms with E-state index in [0.717, 1.165) is 84.5 Å². The molecule has 2 amide bonds. The topological polar surface area (TPSA) is 56.3 Å². The molecule has 30 heavy (non-hydrogen) atoms. The van der Waals surface area contributed by atoms with Crippen LogP contribution in [0.15, 0.2) is 0 Å². The minimum atomic E-state index is 0.113. The van der Waals surface area contributed by atoms with Crippen LogP contribution < -0.4 is 0 Å². The number of hydrogen-bond donors (Lipinski definition) is 0. The summed E-state index contributed by atoms with van der Waals surface area (Å²) in [5.74, 6) is 0.892. The van der Waals surface area contributed by atoms with Gasteiger partial charge in [-0.15, -0.1) is 0 Å². The Kier molecular flexibility index (Phi) is 7.65. The second kappa shape index (κ2) is 10.4. The van der Waals surface area contributed by atoms with Gasteiger partial charge in [0.25, 0.3) is 0 Å². The Hall–Kier alpha value is -1.18. The Bertz CT molecular complexity index is 579. The van der Waals surface area contributed by atoms with E-state index in [0.29, 0.717) is 31.1 Å². The normalized spacial score (nSPS) is 28.6. The number of ether oxygens (including phenoxy) is 1. The van der Waals surface area contributed by atoms with Gasteiger partial charge in [0.2, 0.25) is 11.8 Å². The maximum absolute atomic E-state index is 13.1. The fourth-order valence-electron chi connectivity index (χ4n) is 5.86. The van der Waals surface area contributed by atoms with E-state index in [1.807, 2.05) is 4.90 Å². The van der Waals surface area contributed by atoms with Crippen LogP contribution in [0.3, 0.4) is 0 Å². The number of rotatable bonds is 4. The summed E-state index contributed by atoms with van der Waals surface area (Å²) in [7, 11) is 0. The van der Waals surface area contributed by atoms with E-state index in [1.54, 1.807) is 0 Å². The summed E-state index contributed by atoms with van der Waals surface area (Å²) in [6.45, 7) is 10.9. The summed E-state index contributed by atoms with van der Waals surface area (Å²) in [6, 6.07) is 0.685. The second-order valence-electron chi connectivity index (χ2n) is 9.44. The molecule has 0 radical (unpaired) electrons. The average Bonchev–Trinajstić information content (AvgIpc) is 2.84. The molecule has 0 aliphatic carbocycles. The third-order valence-electron chi connectivity index (χ3n) is 7.80. The van der Waals surface area contributed by atoms with Crippen molar-refractivity contribution in [2.24, 2.45) is 5.92 Å². The highest BCUT2D eigenvalue weighted by Gasteiger charge is 2.36. The quantitative estimate of drug-likeness (QED) is 0.689. The minimum Gasteiger partial charge on any atom is -0.378 e. The Morgan fingerprint density at radius 3 is 2.10 bits per heavy atom. The van der Waals surface area contributed by atoms with Crippen LogP contribution in [0.4, 0.5) is 0 Å². The molecule has 0 aromatic heterocycles. The molecule has 4 fully saturated rings. The molecule has 170 valence electrons. The zero-order valence-electron chi connectivity index (χ0n) is 18.8. The summed E-state index contributed by atoms with van der Waals surface area (Å²) in [6.07, 6.45) is 7.54. The molecule has 0 saturated carbocycles. The van der Waals surface area contributed by atoms with Gasteiger partial charge >= 0.3 is 0 Å². The first kappa shape index (κ1) is 22.0. The fraction of sp³-hybridized carbons (Fsp3) is 0.913. The van der Waals surface area contributed by atoms with Crippen molar-refractivity contribution in [2.45, 2.75) is 64.0 Å². The van der Waals surface area contributed by atoms with E-state index < -0.39 is 0 Å². The highest BCUT2D eigenvalue weighted by atomic mass is 16.5. The van der Waals surface area contributed by atoms with Crippen molar-refractivity contribution in [2.75, 3.05) is 65.6 Å². The van der Waals surface area contributed by atoms with Crippen molar-refractivity contribution in [3.8, 4) is 0 Å². The summed E-state index contributed by atoms with van der Waals surface area (Å²) >= 11 is 0. The number of carbonyl (C=O) groups excluding carboxylic acids is 2. The van der Waals surface area contributed by atoms with E-state index in [4.69, 9.17) is 4.74 Å². The first-order valence-corrected chi connectivity index (χ1v) is 12.3. The van der Waals surface area contributed by atoms with Crippen LogP contribution in [0.1, 0.15) is 51.9 Å². The van der Waals surface area contributed by atoms with Crippen LogP contribution in [-0.2, 0) is 14.3 Å². The fourth-order valence-corrected chi connectivity index (χ4v) is 5.86. The molecule has 0 aromatic rings. The molecule has 1 unspecified atom stereocenters. The zero-order chi connectivity index (χ0) is 20.9. The Labute approximate surface area is 181 Å². The van der Waals surface area contributed by atoms with Crippen LogP contribution in [0.5, 0.6) is 0 Å². The van der Waals surface area contributed by atoms with Crippen molar-refractivity contribution in [1.29, 1.82) is 0 Å². The molecule has 4 aliphatic heterocycles. The number of likely N-dealkylation sites (N-methyl/N-ethyl adjacent to an activating group) is 1. The summed E-state index contributed by atoms with van der Waals surface area (Å²) in [5, 5.41) is 0. The number of carbonyl (C=O) groups is 2. The van der Waals surface area contributed by atoms with Crippen molar-refractivity contribution in [1.82, 2.24) is 19.6 Å². The Morgan fingerprint density at radius 2 is 1.43 bits per heavy atom. The summed E-state index contributed by atoms with van der Waals surface area (Å²) in [5.41, 5.74) is 0. The van der Waals surface area contributed by atoms with Gasteiger partial charge in [-0.3, -0.25) is 14.5 Å². The van der Waals surface area contributed by atoms with Crippen LogP contribution in [0.2, 0.25) is 0 Å². The van der Waals surface area contributed by atoms with Gasteiger partial charge in [0, 0.05) is 38.1 Å². The molecule has 4 heterocycles. The third-order valence-corrected chi connectivity index (χ3v) is 7.80. The standard InChI is InChI=1S/C23H40N4O3/c1-2-24-10-4-3-5-21(24)23(29)26-13-8-20(9-14-26)25-11-6-19(7-12-25)22(28)27-15-17-30-18-16-27/h19-21H,2-18H2,1H3. The van der Waals surface area contributed by atoms with Crippen LogP contribution in [-0.4, -0.2) is 109 Å². The predicted octanol–water partition coefficient (Wildman–Crippen LogP) is 1.42. The molecule has 7 heteroatoms. The smallest absolute Gasteiger partial charge is 0.239 e. The summed E-state index contributed by atoms with van der Waals surface area (Å²) < 4.78 is 5.38. The molecule has 0 N–H and O–H groups in total. The molecule has 1 atom stereocenters. The van der Waals surface area contributed by atoms with E-state index in [-0.39, 0.29) is 12.0 Å². The van der Waals surface area contributed by atoms with Gasteiger partial charge in [0.1, 0.15) is 0 Å². The first-order valence-electron chi connectivity index (χ1n) is 12.3. The van der Waals surface area contributed by atoms with Gasteiger partial charge in [-0.05, 0) is 64.7 Å².